The summed E-state index contributed by atoms with van der Waals surface area (Å²) in [4.78, 5) is 22.6. The maximum Gasteiger partial charge on any atom is 0.280 e. The van der Waals surface area contributed by atoms with Crippen LogP contribution in [0.25, 0.3) is 6.08 Å². The molecule has 7 heteroatoms. The first kappa shape index (κ1) is 18.1. The van der Waals surface area contributed by atoms with Gasteiger partial charge >= 0.3 is 0 Å². The maximum atomic E-state index is 12.8. The van der Waals surface area contributed by atoms with Gasteiger partial charge in [-0.1, -0.05) is 12.1 Å². The van der Waals surface area contributed by atoms with Gasteiger partial charge in [0.2, 0.25) is 0 Å². The lowest BCUT2D eigenvalue weighted by atomic mass is 10.1. The summed E-state index contributed by atoms with van der Waals surface area (Å²) in [5.74, 6) is 0.562. The van der Waals surface area contributed by atoms with E-state index in [0.29, 0.717) is 17.3 Å². The summed E-state index contributed by atoms with van der Waals surface area (Å²) < 4.78 is 23.8. The molecule has 0 bridgehead atoms. The van der Waals surface area contributed by atoms with Crippen molar-refractivity contribution in [2.75, 3.05) is 0 Å². The van der Waals surface area contributed by atoms with E-state index in [4.69, 9.17) is 9.15 Å². The average molecular weight is 367 g/mol. The number of ether oxygens (including phenoxy) is 1. The smallest absolute Gasteiger partial charge is 0.280 e. The fourth-order valence-corrected chi connectivity index (χ4v) is 2.34. The Morgan fingerprint density at radius 3 is 2.59 bits per heavy atom. The quantitative estimate of drug-likeness (QED) is 0.259. The zero-order valence-electron chi connectivity index (χ0n) is 14.0. The van der Waals surface area contributed by atoms with Crippen molar-refractivity contribution in [2.45, 2.75) is 6.61 Å². The first-order valence-corrected chi connectivity index (χ1v) is 7.96. The Morgan fingerprint density at radius 2 is 1.85 bits per heavy atom. The van der Waals surface area contributed by atoms with Crippen LogP contribution in [0.2, 0.25) is 0 Å². The summed E-state index contributed by atoms with van der Waals surface area (Å²) in [5.41, 5.74) is -0.245. The van der Waals surface area contributed by atoms with Crippen molar-refractivity contribution in [3.63, 3.8) is 0 Å². The van der Waals surface area contributed by atoms with Crippen molar-refractivity contribution < 1.29 is 23.3 Å². The largest absolute Gasteiger partial charge is 0.486 e. The Morgan fingerprint density at radius 1 is 1.11 bits per heavy atom. The van der Waals surface area contributed by atoms with E-state index in [0.717, 1.165) is 0 Å². The number of nitrogens with zero attached hydrogens (tertiary/aromatic N) is 1. The van der Waals surface area contributed by atoms with Gasteiger partial charge < -0.3 is 9.15 Å². The Hall–Kier alpha value is -3.74. The molecule has 0 saturated heterocycles. The van der Waals surface area contributed by atoms with Gasteiger partial charge in [0.1, 0.15) is 29.7 Å². The van der Waals surface area contributed by atoms with Crippen molar-refractivity contribution >= 4 is 17.5 Å². The molecule has 1 aromatic heterocycles. The summed E-state index contributed by atoms with van der Waals surface area (Å²) in [7, 11) is 0. The van der Waals surface area contributed by atoms with E-state index in [1.807, 2.05) is 0 Å². The molecule has 6 nitrogen and oxygen atoms in total. The van der Waals surface area contributed by atoms with Crippen molar-refractivity contribution in [1.82, 2.24) is 0 Å². The third-order valence-electron chi connectivity index (χ3n) is 3.64. The first-order valence-electron chi connectivity index (χ1n) is 7.96. The summed E-state index contributed by atoms with van der Waals surface area (Å²) in [6.45, 7) is 0.136. The topological polar surface area (TPSA) is 82.6 Å². The van der Waals surface area contributed by atoms with E-state index >= 15 is 0 Å². The lowest BCUT2D eigenvalue weighted by molar-refractivity contribution is -0.385. The molecule has 3 rings (SSSR count). The van der Waals surface area contributed by atoms with Gasteiger partial charge in [-0.2, -0.15) is 0 Å². The van der Waals surface area contributed by atoms with Gasteiger partial charge in [-0.05, 0) is 54.6 Å². The highest BCUT2D eigenvalue weighted by molar-refractivity contribution is 6.09. The molecule has 0 radical (unpaired) electrons. The number of carbonyl (C=O) groups excluding carboxylic acids is 1. The minimum absolute atomic E-state index is 0.00479. The Kier molecular flexibility index (Phi) is 5.41. The minimum atomic E-state index is -0.598. The van der Waals surface area contributed by atoms with Crippen LogP contribution in [0.5, 0.6) is 5.75 Å². The normalized spacial score (nSPS) is 10.9. The second kappa shape index (κ2) is 8.09. The molecule has 0 aliphatic rings. The molecule has 0 aliphatic carbocycles. The number of furan rings is 1. The highest BCUT2D eigenvalue weighted by atomic mass is 19.1. The van der Waals surface area contributed by atoms with Crippen LogP contribution < -0.4 is 4.74 Å². The standard InChI is InChI=1S/C20H14FNO5/c21-14-5-7-15(8-6-14)26-13-17-10-9-16(27-17)11-12-20(23)18-3-1-2-4-19(18)22(24)25/h1-12H,13H2/b12-11+. The molecule has 0 unspecified atom stereocenters. The number of para-hydroxylation sites is 1. The van der Waals surface area contributed by atoms with Gasteiger partial charge in [-0.25, -0.2) is 4.39 Å². The average Bonchev–Trinajstić information content (AvgIpc) is 3.13. The number of nitro benzene ring substituents is 1. The van der Waals surface area contributed by atoms with E-state index in [1.54, 1.807) is 18.2 Å². The molecule has 0 atom stereocenters. The van der Waals surface area contributed by atoms with Gasteiger partial charge in [0.05, 0.1) is 10.5 Å². The summed E-state index contributed by atoms with van der Waals surface area (Å²) in [6, 6.07) is 14.7. The number of halogens is 1. The van der Waals surface area contributed by atoms with E-state index < -0.39 is 10.7 Å². The number of allylic oxidation sites excluding steroid dienone is 1. The Balaban J connectivity index is 1.64. The molecule has 136 valence electrons. The molecule has 0 saturated carbocycles. The fraction of sp³-hybridized carbons (Fsp3) is 0.0500. The van der Waals surface area contributed by atoms with Crippen LogP contribution in [0.15, 0.2) is 71.2 Å². The van der Waals surface area contributed by atoms with Crippen LogP contribution in [-0.4, -0.2) is 10.7 Å². The number of carbonyl (C=O) groups is 1. The highest BCUT2D eigenvalue weighted by Crippen LogP contribution is 2.20. The minimum Gasteiger partial charge on any atom is -0.486 e. The molecular weight excluding hydrogens is 353 g/mol. The molecule has 27 heavy (non-hydrogen) atoms. The fourth-order valence-electron chi connectivity index (χ4n) is 2.34. The Labute approximate surface area is 153 Å². The van der Waals surface area contributed by atoms with Gasteiger partial charge in [-0.3, -0.25) is 14.9 Å². The van der Waals surface area contributed by atoms with Crippen molar-refractivity contribution in [3.05, 3.63) is 99.8 Å². The molecule has 1 heterocycles. The second-order valence-electron chi connectivity index (χ2n) is 5.52. The predicted molar refractivity (Wildman–Crippen MR) is 95.9 cm³/mol. The number of ketones is 1. The number of rotatable bonds is 7. The molecule has 0 fully saturated rings. The van der Waals surface area contributed by atoms with E-state index in [-0.39, 0.29) is 23.7 Å². The van der Waals surface area contributed by atoms with Crippen LogP contribution in [0.3, 0.4) is 0 Å². The number of benzene rings is 2. The lowest BCUT2D eigenvalue weighted by Gasteiger charge is -2.03. The van der Waals surface area contributed by atoms with Crippen LogP contribution in [0, 0.1) is 15.9 Å². The number of nitro groups is 1. The molecule has 0 amide bonds. The summed E-state index contributed by atoms with van der Waals surface area (Å²) in [5, 5.41) is 11.0. The SMILES string of the molecule is O=C(/C=C/c1ccc(COc2ccc(F)cc2)o1)c1ccccc1[N+](=O)[O-]. The second-order valence-corrected chi connectivity index (χ2v) is 5.52. The maximum absolute atomic E-state index is 12.8. The zero-order valence-corrected chi connectivity index (χ0v) is 14.0. The predicted octanol–water partition coefficient (Wildman–Crippen LogP) is 4.80. The van der Waals surface area contributed by atoms with Crippen molar-refractivity contribution in [2.24, 2.45) is 0 Å². The molecular formula is C20H14FNO5. The van der Waals surface area contributed by atoms with Crippen LogP contribution in [0.1, 0.15) is 21.9 Å². The van der Waals surface area contributed by atoms with Crippen LogP contribution in [-0.2, 0) is 6.61 Å². The molecule has 0 spiro atoms. The summed E-state index contributed by atoms with van der Waals surface area (Å²) in [6.07, 6.45) is 2.65. The van der Waals surface area contributed by atoms with Crippen LogP contribution in [0.4, 0.5) is 10.1 Å². The number of hydrogen-bond acceptors (Lipinski definition) is 5. The zero-order chi connectivity index (χ0) is 19.2. The highest BCUT2D eigenvalue weighted by Gasteiger charge is 2.17. The number of hydrogen-bond donors (Lipinski definition) is 0. The monoisotopic (exact) mass is 367 g/mol. The molecule has 0 N–H and O–H groups in total. The van der Waals surface area contributed by atoms with Crippen molar-refractivity contribution in [1.29, 1.82) is 0 Å². The van der Waals surface area contributed by atoms with Crippen LogP contribution >= 0.6 is 0 Å². The van der Waals surface area contributed by atoms with Crippen molar-refractivity contribution in [3.8, 4) is 5.75 Å². The summed E-state index contributed by atoms with van der Waals surface area (Å²) >= 11 is 0. The van der Waals surface area contributed by atoms with E-state index in [1.165, 1.54) is 54.6 Å². The first-order chi connectivity index (χ1) is 13.0. The van der Waals surface area contributed by atoms with Gasteiger partial charge in [-0.15, -0.1) is 0 Å². The molecule has 2 aromatic carbocycles. The van der Waals surface area contributed by atoms with E-state index in [2.05, 4.69) is 0 Å². The lowest BCUT2D eigenvalue weighted by Crippen LogP contribution is -2.00. The third-order valence-corrected chi connectivity index (χ3v) is 3.64. The molecule has 0 aliphatic heterocycles. The van der Waals surface area contributed by atoms with E-state index in [9.17, 15) is 19.3 Å². The molecule has 3 aromatic rings. The Bertz CT molecular complexity index is 992. The van der Waals surface area contributed by atoms with Gasteiger partial charge in [0, 0.05) is 6.07 Å². The third kappa shape index (κ3) is 4.66. The van der Waals surface area contributed by atoms with Gasteiger partial charge in [0.15, 0.2) is 5.78 Å². The van der Waals surface area contributed by atoms with Gasteiger partial charge in [0.25, 0.3) is 5.69 Å².